The standard InChI is InChI=1S/C18H17N5/c1-13-20-6-7-22(13)10-14-11-23(12-14)18-8-15(9-19)16-4-2-3-5-17(16)21-18/h2-8,14H,10-12H2,1H3. The summed E-state index contributed by atoms with van der Waals surface area (Å²) in [7, 11) is 0. The first kappa shape index (κ1) is 13.8. The van der Waals surface area contributed by atoms with Crippen molar-refractivity contribution in [1.82, 2.24) is 14.5 Å². The summed E-state index contributed by atoms with van der Waals surface area (Å²) >= 11 is 0. The largest absolute Gasteiger partial charge is 0.356 e. The number of aromatic nitrogens is 3. The Balaban J connectivity index is 1.53. The molecule has 0 N–H and O–H groups in total. The lowest BCUT2D eigenvalue weighted by molar-refractivity contribution is 0.352. The first-order valence-electron chi connectivity index (χ1n) is 7.77. The number of fused-ring (bicyclic) bond motifs is 1. The van der Waals surface area contributed by atoms with E-state index in [2.05, 4.69) is 20.5 Å². The monoisotopic (exact) mass is 303 g/mol. The Bertz CT molecular complexity index is 899. The Morgan fingerprint density at radius 1 is 1.30 bits per heavy atom. The summed E-state index contributed by atoms with van der Waals surface area (Å²) in [6, 6.07) is 12.0. The van der Waals surface area contributed by atoms with Crippen molar-refractivity contribution < 1.29 is 0 Å². The van der Waals surface area contributed by atoms with Crippen LogP contribution in [0.5, 0.6) is 0 Å². The minimum Gasteiger partial charge on any atom is -0.356 e. The fourth-order valence-corrected chi connectivity index (χ4v) is 3.16. The van der Waals surface area contributed by atoms with Crippen LogP contribution in [-0.4, -0.2) is 27.6 Å². The molecule has 3 aromatic rings. The van der Waals surface area contributed by atoms with E-state index in [1.807, 2.05) is 49.6 Å². The van der Waals surface area contributed by atoms with Gasteiger partial charge < -0.3 is 9.47 Å². The number of hydrogen-bond donors (Lipinski definition) is 0. The SMILES string of the molecule is Cc1nccn1CC1CN(c2cc(C#N)c3ccccc3n2)C1. The zero-order valence-electron chi connectivity index (χ0n) is 13.0. The maximum absolute atomic E-state index is 9.38. The zero-order chi connectivity index (χ0) is 15.8. The summed E-state index contributed by atoms with van der Waals surface area (Å²) in [5.41, 5.74) is 1.58. The number of benzene rings is 1. The van der Waals surface area contributed by atoms with Crippen molar-refractivity contribution in [2.45, 2.75) is 13.5 Å². The van der Waals surface area contributed by atoms with Crippen molar-refractivity contribution in [2.75, 3.05) is 18.0 Å². The van der Waals surface area contributed by atoms with E-state index in [0.717, 1.165) is 42.2 Å². The normalized spacial score (nSPS) is 14.7. The second kappa shape index (κ2) is 5.40. The van der Waals surface area contributed by atoms with Crippen molar-refractivity contribution in [1.29, 1.82) is 5.26 Å². The summed E-state index contributed by atoms with van der Waals surface area (Å²) in [5.74, 6) is 2.56. The predicted molar refractivity (Wildman–Crippen MR) is 89.1 cm³/mol. The number of anilines is 1. The van der Waals surface area contributed by atoms with E-state index in [4.69, 9.17) is 4.98 Å². The summed E-state index contributed by atoms with van der Waals surface area (Å²) in [4.78, 5) is 11.2. The van der Waals surface area contributed by atoms with E-state index in [1.54, 1.807) is 0 Å². The van der Waals surface area contributed by atoms with E-state index in [1.165, 1.54) is 0 Å². The van der Waals surface area contributed by atoms with Gasteiger partial charge >= 0.3 is 0 Å². The summed E-state index contributed by atoms with van der Waals surface area (Å²) in [6.45, 7) is 4.95. The Morgan fingerprint density at radius 2 is 2.13 bits per heavy atom. The van der Waals surface area contributed by atoms with Gasteiger partial charge in [0.1, 0.15) is 11.6 Å². The highest BCUT2D eigenvalue weighted by molar-refractivity contribution is 5.86. The minimum atomic E-state index is 0.599. The number of pyridine rings is 1. The van der Waals surface area contributed by atoms with Crippen LogP contribution in [0, 0.1) is 24.2 Å². The molecule has 1 aliphatic heterocycles. The average molecular weight is 303 g/mol. The van der Waals surface area contributed by atoms with Crippen LogP contribution >= 0.6 is 0 Å². The van der Waals surface area contributed by atoms with Crippen LogP contribution in [-0.2, 0) is 6.54 Å². The molecule has 1 aliphatic rings. The van der Waals surface area contributed by atoms with Gasteiger partial charge in [0.05, 0.1) is 17.1 Å². The lowest BCUT2D eigenvalue weighted by atomic mass is 9.99. The molecule has 3 heterocycles. The Hall–Kier alpha value is -2.87. The number of nitriles is 1. The molecule has 0 unspecified atom stereocenters. The van der Waals surface area contributed by atoms with Gasteiger partial charge in [-0.25, -0.2) is 9.97 Å². The Morgan fingerprint density at radius 3 is 2.87 bits per heavy atom. The quantitative estimate of drug-likeness (QED) is 0.746. The van der Waals surface area contributed by atoms with Gasteiger partial charge in [0.25, 0.3) is 0 Å². The first-order chi connectivity index (χ1) is 11.2. The van der Waals surface area contributed by atoms with Gasteiger partial charge in [-0.3, -0.25) is 0 Å². The molecule has 2 aromatic heterocycles. The molecule has 0 radical (unpaired) electrons. The predicted octanol–water partition coefficient (Wildman–Crippen LogP) is 2.75. The fraction of sp³-hybridized carbons (Fsp3) is 0.278. The lowest BCUT2D eigenvalue weighted by Crippen LogP contribution is -2.49. The molecule has 0 amide bonds. The first-order valence-corrected chi connectivity index (χ1v) is 7.77. The van der Waals surface area contributed by atoms with Gasteiger partial charge in [0, 0.05) is 43.3 Å². The topological polar surface area (TPSA) is 57.7 Å². The molecular formula is C18H17N5. The molecule has 1 saturated heterocycles. The summed E-state index contributed by atoms with van der Waals surface area (Å²) < 4.78 is 2.19. The van der Waals surface area contributed by atoms with Crippen LogP contribution in [0.25, 0.3) is 10.9 Å². The van der Waals surface area contributed by atoms with E-state index < -0.39 is 0 Å². The van der Waals surface area contributed by atoms with Gasteiger partial charge in [-0.15, -0.1) is 0 Å². The highest BCUT2D eigenvalue weighted by atomic mass is 15.2. The van der Waals surface area contributed by atoms with Gasteiger partial charge in [-0.05, 0) is 19.1 Å². The molecule has 0 spiro atoms. The molecule has 1 aromatic carbocycles. The Labute approximate surface area is 134 Å². The summed E-state index contributed by atoms with van der Waals surface area (Å²) in [5, 5.41) is 10.3. The van der Waals surface area contributed by atoms with Crippen molar-refractivity contribution in [2.24, 2.45) is 5.92 Å². The van der Waals surface area contributed by atoms with E-state index in [-0.39, 0.29) is 0 Å². The third-order valence-electron chi connectivity index (χ3n) is 4.48. The third kappa shape index (κ3) is 2.42. The van der Waals surface area contributed by atoms with Crippen molar-refractivity contribution in [3.05, 3.63) is 54.1 Å². The molecule has 23 heavy (non-hydrogen) atoms. The number of hydrogen-bond acceptors (Lipinski definition) is 4. The molecule has 0 bridgehead atoms. The number of nitrogens with zero attached hydrogens (tertiary/aromatic N) is 5. The van der Waals surface area contributed by atoms with Crippen LogP contribution in [0.15, 0.2) is 42.7 Å². The molecule has 5 nitrogen and oxygen atoms in total. The van der Waals surface area contributed by atoms with Gasteiger partial charge in [0.2, 0.25) is 0 Å². The van der Waals surface area contributed by atoms with E-state index >= 15 is 0 Å². The van der Waals surface area contributed by atoms with Crippen molar-refractivity contribution >= 4 is 16.7 Å². The van der Waals surface area contributed by atoms with Crippen LogP contribution in [0.3, 0.4) is 0 Å². The second-order valence-electron chi connectivity index (χ2n) is 6.05. The number of aryl methyl sites for hydroxylation is 1. The molecule has 0 atom stereocenters. The molecular weight excluding hydrogens is 286 g/mol. The molecule has 0 saturated carbocycles. The van der Waals surface area contributed by atoms with Gasteiger partial charge in [0.15, 0.2) is 0 Å². The van der Waals surface area contributed by atoms with Crippen LogP contribution < -0.4 is 4.90 Å². The maximum Gasteiger partial charge on any atom is 0.130 e. The van der Waals surface area contributed by atoms with Gasteiger partial charge in [-0.1, -0.05) is 18.2 Å². The van der Waals surface area contributed by atoms with Gasteiger partial charge in [-0.2, -0.15) is 5.26 Å². The molecule has 0 aliphatic carbocycles. The third-order valence-corrected chi connectivity index (χ3v) is 4.48. The number of imidazole rings is 1. The molecule has 114 valence electrons. The van der Waals surface area contributed by atoms with Crippen molar-refractivity contribution in [3.63, 3.8) is 0 Å². The highest BCUT2D eigenvalue weighted by Gasteiger charge is 2.28. The summed E-state index contributed by atoms with van der Waals surface area (Å²) in [6.07, 6.45) is 3.87. The molecule has 4 rings (SSSR count). The number of para-hydroxylation sites is 1. The zero-order valence-corrected chi connectivity index (χ0v) is 13.0. The Kier molecular flexibility index (Phi) is 3.23. The van der Waals surface area contributed by atoms with Crippen LogP contribution in [0.4, 0.5) is 5.82 Å². The van der Waals surface area contributed by atoms with Crippen LogP contribution in [0.1, 0.15) is 11.4 Å². The van der Waals surface area contributed by atoms with E-state index in [0.29, 0.717) is 11.5 Å². The fourth-order valence-electron chi connectivity index (χ4n) is 3.16. The second-order valence-corrected chi connectivity index (χ2v) is 6.05. The maximum atomic E-state index is 9.38. The molecule has 1 fully saturated rings. The molecule has 5 heteroatoms. The van der Waals surface area contributed by atoms with Crippen LogP contribution in [0.2, 0.25) is 0 Å². The van der Waals surface area contributed by atoms with E-state index in [9.17, 15) is 5.26 Å². The smallest absolute Gasteiger partial charge is 0.130 e. The minimum absolute atomic E-state index is 0.599. The highest BCUT2D eigenvalue weighted by Crippen LogP contribution is 2.28. The number of rotatable bonds is 3. The van der Waals surface area contributed by atoms with Crippen molar-refractivity contribution in [3.8, 4) is 6.07 Å². The lowest BCUT2D eigenvalue weighted by Gasteiger charge is -2.40. The average Bonchev–Trinajstić information content (AvgIpc) is 2.94.